The van der Waals surface area contributed by atoms with Crippen molar-refractivity contribution in [3.63, 3.8) is 0 Å². The van der Waals surface area contributed by atoms with Gasteiger partial charge >= 0.3 is 0 Å². The number of imidazole rings is 1. The number of carbonyl (C=O) groups excluding carboxylic acids is 2. The number of pyridine rings is 1. The predicted molar refractivity (Wildman–Crippen MR) is 103 cm³/mol. The predicted octanol–water partition coefficient (Wildman–Crippen LogP) is 1.23. The number of nitrogens with zero attached hydrogens (tertiary/aromatic N) is 4. The summed E-state index contributed by atoms with van der Waals surface area (Å²) in [5.41, 5.74) is 1.40. The van der Waals surface area contributed by atoms with Gasteiger partial charge in [0.25, 0.3) is 11.8 Å². The number of morpholine rings is 1. The molecule has 5 rings (SSSR count). The zero-order valence-corrected chi connectivity index (χ0v) is 16.1. The molecule has 2 aromatic heterocycles. The highest BCUT2D eigenvalue weighted by molar-refractivity contribution is 6.21. The molecule has 0 spiro atoms. The van der Waals surface area contributed by atoms with Crippen molar-refractivity contribution in [3.8, 4) is 0 Å². The van der Waals surface area contributed by atoms with Crippen LogP contribution in [0.3, 0.4) is 0 Å². The Morgan fingerprint density at radius 1 is 1.24 bits per heavy atom. The molecule has 4 heterocycles. The summed E-state index contributed by atoms with van der Waals surface area (Å²) in [6.45, 7) is 4.31. The van der Waals surface area contributed by atoms with Crippen molar-refractivity contribution in [3.05, 3.63) is 29.6 Å². The smallest absolute Gasteiger partial charge is 0.261 e. The molecule has 0 saturated carbocycles. The quantitative estimate of drug-likeness (QED) is 0.661. The molecule has 1 aromatic carbocycles. The lowest BCUT2D eigenvalue weighted by molar-refractivity contribution is -0.138. The maximum Gasteiger partial charge on any atom is 0.261 e. The number of anilines is 1. The number of amides is 2. The molecule has 1 unspecified atom stereocenters. The number of aromatic nitrogens is 3. The number of imide groups is 1. The third kappa shape index (κ3) is 2.58. The standard InChI is InChI=1S/C20H20N4O5/c1-3-28-7-13-22-17-18-16-11(20(2,27)10-23(13)18)5-4-6-12(16)21-19(17)24-14(25)8-29-9-15(24)26/h4-6,27H,3,7-10H2,1-2H3. The van der Waals surface area contributed by atoms with Crippen LogP contribution in [0, 0.1) is 0 Å². The average Bonchev–Trinajstić information content (AvgIpc) is 3.04. The largest absolute Gasteiger partial charge is 0.384 e. The molecule has 1 saturated heterocycles. The first kappa shape index (κ1) is 18.2. The lowest BCUT2D eigenvalue weighted by Gasteiger charge is -2.32. The van der Waals surface area contributed by atoms with E-state index in [0.717, 1.165) is 21.4 Å². The Hall–Kier alpha value is -2.88. The maximum atomic E-state index is 12.5. The van der Waals surface area contributed by atoms with Gasteiger partial charge in [-0.25, -0.2) is 14.9 Å². The van der Waals surface area contributed by atoms with Crippen LogP contribution in [-0.2, 0) is 37.8 Å². The van der Waals surface area contributed by atoms with Crippen LogP contribution in [0.4, 0.5) is 5.82 Å². The van der Waals surface area contributed by atoms with E-state index in [2.05, 4.69) is 4.98 Å². The zero-order chi connectivity index (χ0) is 20.3. The molecule has 1 atom stereocenters. The molecule has 29 heavy (non-hydrogen) atoms. The van der Waals surface area contributed by atoms with E-state index in [9.17, 15) is 14.7 Å². The van der Waals surface area contributed by atoms with Gasteiger partial charge in [-0.1, -0.05) is 12.1 Å². The van der Waals surface area contributed by atoms with E-state index < -0.39 is 17.4 Å². The first-order chi connectivity index (χ1) is 13.9. The second kappa shape index (κ2) is 6.31. The molecule has 3 aromatic rings. The summed E-state index contributed by atoms with van der Waals surface area (Å²) >= 11 is 0. The van der Waals surface area contributed by atoms with E-state index in [-0.39, 0.29) is 32.2 Å². The normalized spacial score (nSPS) is 21.7. The van der Waals surface area contributed by atoms with E-state index in [4.69, 9.17) is 14.5 Å². The minimum atomic E-state index is -1.12. The number of benzene rings is 1. The van der Waals surface area contributed by atoms with Crippen molar-refractivity contribution in [2.75, 3.05) is 24.7 Å². The third-order valence-corrected chi connectivity index (χ3v) is 5.41. The SMILES string of the molecule is CCOCc1nc2c(N3C(=O)COCC3=O)nc3cccc4c3c2n1CC4(C)O. The van der Waals surface area contributed by atoms with E-state index in [1.807, 2.05) is 23.6 Å². The van der Waals surface area contributed by atoms with Gasteiger partial charge < -0.3 is 19.1 Å². The minimum Gasteiger partial charge on any atom is -0.384 e. The Bertz CT molecular complexity index is 1170. The lowest BCUT2D eigenvalue weighted by Crippen LogP contribution is -2.47. The Kier molecular flexibility index (Phi) is 3.95. The monoisotopic (exact) mass is 396 g/mol. The van der Waals surface area contributed by atoms with E-state index in [1.54, 1.807) is 13.0 Å². The lowest BCUT2D eigenvalue weighted by atomic mass is 9.89. The van der Waals surface area contributed by atoms with Gasteiger partial charge in [0.2, 0.25) is 0 Å². The minimum absolute atomic E-state index is 0.186. The number of hydrogen-bond acceptors (Lipinski definition) is 7. The summed E-state index contributed by atoms with van der Waals surface area (Å²) in [5.74, 6) is -0.146. The van der Waals surface area contributed by atoms with Crippen molar-refractivity contribution in [1.29, 1.82) is 0 Å². The first-order valence-electron chi connectivity index (χ1n) is 9.48. The van der Waals surface area contributed by atoms with Crippen LogP contribution in [0.25, 0.3) is 21.9 Å². The van der Waals surface area contributed by atoms with E-state index in [0.29, 0.717) is 23.5 Å². The molecule has 2 aliphatic heterocycles. The van der Waals surface area contributed by atoms with Crippen molar-refractivity contribution >= 4 is 39.6 Å². The fourth-order valence-electron chi connectivity index (χ4n) is 4.16. The molecule has 1 N–H and O–H groups in total. The average molecular weight is 396 g/mol. The van der Waals surface area contributed by atoms with Crippen molar-refractivity contribution in [2.45, 2.75) is 32.6 Å². The van der Waals surface area contributed by atoms with Crippen LogP contribution in [0.15, 0.2) is 18.2 Å². The van der Waals surface area contributed by atoms with E-state index in [1.165, 1.54) is 0 Å². The highest BCUT2D eigenvalue weighted by Gasteiger charge is 2.38. The molecule has 150 valence electrons. The van der Waals surface area contributed by atoms with Gasteiger partial charge in [0.1, 0.15) is 36.8 Å². The number of carbonyl (C=O) groups is 2. The Labute approximate surface area is 165 Å². The number of ether oxygens (including phenoxy) is 2. The van der Waals surface area contributed by atoms with Crippen molar-refractivity contribution in [2.24, 2.45) is 0 Å². The van der Waals surface area contributed by atoms with E-state index >= 15 is 0 Å². The molecular weight excluding hydrogens is 376 g/mol. The van der Waals surface area contributed by atoms with Crippen molar-refractivity contribution < 1.29 is 24.2 Å². The summed E-state index contributed by atoms with van der Waals surface area (Å²) in [6, 6.07) is 5.48. The third-order valence-electron chi connectivity index (χ3n) is 5.41. The van der Waals surface area contributed by atoms with Crippen LogP contribution >= 0.6 is 0 Å². The van der Waals surface area contributed by atoms with Crippen LogP contribution < -0.4 is 4.90 Å². The van der Waals surface area contributed by atoms with Crippen LogP contribution in [0.2, 0.25) is 0 Å². The van der Waals surface area contributed by atoms with Gasteiger partial charge in [0, 0.05) is 12.0 Å². The molecule has 0 bridgehead atoms. The van der Waals surface area contributed by atoms with Gasteiger partial charge in [0.05, 0.1) is 17.6 Å². The number of aliphatic hydroxyl groups is 1. The maximum absolute atomic E-state index is 12.5. The molecule has 1 fully saturated rings. The molecule has 2 amide bonds. The van der Waals surface area contributed by atoms with Gasteiger partial charge in [-0.2, -0.15) is 0 Å². The summed E-state index contributed by atoms with van der Waals surface area (Å²) in [7, 11) is 0. The first-order valence-corrected chi connectivity index (χ1v) is 9.48. The van der Waals surface area contributed by atoms with Crippen molar-refractivity contribution in [1.82, 2.24) is 14.5 Å². The fourth-order valence-corrected chi connectivity index (χ4v) is 4.16. The second-order valence-corrected chi connectivity index (χ2v) is 7.47. The summed E-state index contributed by atoms with van der Waals surface area (Å²) < 4.78 is 12.5. The zero-order valence-electron chi connectivity index (χ0n) is 16.1. The Morgan fingerprint density at radius 2 is 2.00 bits per heavy atom. The van der Waals surface area contributed by atoms with Crippen LogP contribution in [-0.4, -0.2) is 51.3 Å². The second-order valence-electron chi connectivity index (χ2n) is 7.47. The molecule has 0 radical (unpaired) electrons. The van der Waals surface area contributed by atoms with Crippen LogP contribution in [0.1, 0.15) is 25.2 Å². The molecular formula is C20H20N4O5. The van der Waals surface area contributed by atoms with Gasteiger partial charge in [0.15, 0.2) is 5.82 Å². The Morgan fingerprint density at radius 3 is 2.72 bits per heavy atom. The van der Waals surface area contributed by atoms with Gasteiger partial charge in [-0.3, -0.25) is 9.59 Å². The topological polar surface area (TPSA) is 107 Å². The Balaban J connectivity index is 1.87. The van der Waals surface area contributed by atoms with Crippen LogP contribution in [0.5, 0.6) is 0 Å². The number of rotatable bonds is 4. The molecule has 9 heteroatoms. The van der Waals surface area contributed by atoms with Gasteiger partial charge in [-0.15, -0.1) is 0 Å². The highest BCUT2D eigenvalue weighted by atomic mass is 16.5. The summed E-state index contributed by atoms with van der Waals surface area (Å²) in [5, 5.41) is 11.9. The summed E-state index contributed by atoms with van der Waals surface area (Å²) in [6.07, 6.45) is 0. The number of hydrogen-bond donors (Lipinski definition) is 1. The molecule has 2 aliphatic rings. The summed E-state index contributed by atoms with van der Waals surface area (Å²) in [4.78, 5) is 35.3. The fraction of sp³-hybridized carbons (Fsp3) is 0.400. The highest BCUT2D eigenvalue weighted by Crippen LogP contribution is 2.42. The molecule has 0 aliphatic carbocycles. The van der Waals surface area contributed by atoms with Gasteiger partial charge in [-0.05, 0) is 25.5 Å². The molecule has 9 nitrogen and oxygen atoms in total.